The molecule has 0 fully saturated rings. The van der Waals surface area contributed by atoms with Crippen molar-refractivity contribution in [2.24, 2.45) is 0 Å². The molecule has 2 rings (SSSR count). The Balaban J connectivity index is 2.19. The van der Waals surface area contributed by atoms with Gasteiger partial charge in [0.05, 0.1) is 16.3 Å². The second kappa shape index (κ2) is 5.91. The lowest BCUT2D eigenvalue weighted by Crippen LogP contribution is -2.29. The van der Waals surface area contributed by atoms with E-state index in [4.69, 9.17) is 4.74 Å². The van der Waals surface area contributed by atoms with Gasteiger partial charge >= 0.3 is 0 Å². The molecule has 98 valence electrons. The van der Waals surface area contributed by atoms with Crippen molar-refractivity contribution < 1.29 is 4.74 Å². The standard InChI is InChI=1S/C13H18N2OS2/c1-8(9(2)16-3)14-10-5-6-11-12(7-10)18-13(15-11)17-4/h5-9,14H,1-4H3. The minimum absolute atomic E-state index is 0.184. The molecular weight excluding hydrogens is 264 g/mol. The highest BCUT2D eigenvalue weighted by Crippen LogP contribution is 2.30. The highest BCUT2D eigenvalue weighted by atomic mass is 32.2. The number of methoxy groups -OCH3 is 1. The van der Waals surface area contributed by atoms with Crippen molar-refractivity contribution in [3.05, 3.63) is 18.2 Å². The summed E-state index contributed by atoms with van der Waals surface area (Å²) in [5.74, 6) is 0. The zero-order valence-corrected chi connectivity index (χ0v) is 12.7. The highest BCUT2D eigenvalue weighted by Gasteiger charge is 2.11. The Kier molecular flexibility index (Phi) is 4.48. The number of hydrogen-bond donors (Lipinski definition) is 1. The van der Waals surface area contributed by atoms with E-state index in [1.165, 1.54) is 4.70 Å². The largest absolute Gasteiger partial charge is 0.380 e. The summed E-state index contributed by atoms with van der Waals surface area (Å²) in [5, 5.41) is 3.46. The number of fused-ring (bicyclic) bond motifs is 1. The van der Waals surface area contributed by atoms with Crippen LogP contribution in [-0.2, 0) is 4.74 Å². The van der Waals surface area contributed by atoms with Crippen molar-refractivity contribution in [2.75, 3.05) is 18.7 Å². The maximum absolute atomic E-state index is 5.32. The molecule has 1 aromatic heterocycles. The third kappa shape index (κ3) is 2.96. The minimum Gasteiger partial charge on any atom is -0.380 e. The van der Waals surface area contributed by atoms with Gasteiger partial charge in [-0.25, -0.2) is 4.98 Å². The van der Waals surface area contributed by atoms with Crippen LogP contribution in [0.25, 0.3) is 10.2 Å². The number of anilines is 1. The average molecular weight is 282 g/mol. The zero-order chi connectivity index (χ0) is 13.1. The Labute approximate surface area is 116 Å². The number of benzene rings is 1. The molecule has 1 heterocycles. The summed E-state index contributed by atoms with van der Waals surface area (Å²) >= 11 is 3.42. The number of nitrogens with one attached hydrogen (secondary N) is 1. The lowest BCUT2D eigenvalue weighted by Gasteiger charge is -2.20. The molecule has 3 nitrogen and oxygen atoms in total. The molecule has 0 aliphatic heterocycles. The van der Waals surface area contributed by atoms with E-state index >= 15 is 0 Å². The van der Waals surface area contributed by atoms with Gasteiger partial charge in [-0.3, -0.25) is 0 Å². The van der Waals surface area contributed by atoms with Gasteiger partial charge in [0.15, 0.2) is 4.34 Å². The summed E-state index contributed by atoms with van der Waals surface area (Å²) in [6.07, 6.45) is 2.24. The molecule has 0 saturated heterocycles. The SMILES string of the molecule is COC(C)C(C)Nc1ccc2nc(SC)sc2c1. The number of hydrogen-bond acceptors (Lipinski definition) is 5. The number of thioether (sulfide) groups is 1. The van der Waals surface area contributed by atoms with Gasteiger partial charge in [-0.05, 0) is 38.3 Å². The Bertz CT molecular complexity index is 527. The van der Waals surface area contributed by atoms with Crippen LogP contribution in [0, 0.1) is 0 Å². The molecule has 5 heteroatoms. The van der Waals surface area contributed by atoms with Gasteiger partial charge in [0.2, 0.25) is 0 Å². The molecule has 18 heavy (non-hydrogen) atoms. The second-order valence-electron chi connectivity index (χ2n) is 4.24. The van der Waals surface area contributed by atoms with Gasteiger partial charge < -0.3 is 10.1 Å². The van der Waals surface area contributed by atoms with E-state index in [9.17, 15) is 0 Å². The van der Waals surface area contributed by atoms with Crippen LogP contribution < -0.4 is 5.32 Å². The van der Waals surface area contributed by atoms with Crippen molar-refractivity contribution in [1.29, 1.82) is 0 Å². The lowest BCUT2D eigenvalue weighted by molar-refractivity contribution is 0.106. The molecule has 1 N–H and O–H groups in total. The summed E-state index contributed by atoms with van der Waals surface area (Å²) in [5.41, 5.74) is 2.19. The third-order valence-corrected chi connectivity index (χ3v) is 5.02. The quantitative estimate of drug-likeness (QED) is 0.845. The first-order valence-corrected chi connectivity index (χ1v) is 7.92. The Morgan fingerprint density at radius 3 is 2.83 bits per heavy atom. The highest BCUT2D eigenvalue weighted by molar-refractivity contribution is 8.00. The molecule has 0 radical (unpaired) electrons. The van der Waals surface area contributed by atoms with E-state index in [-0.39, 0.29) is 12.1 Å². The second-order valence-corrected chi connectivity index (χ2v) is 6.32. The van der Waals surface area contributed by atoms with Crippen LogP contribution in [0.2, 0.25) is 0 Å². The van der Waals surface area contributed by atoms with Gasteiger partial charge in [-0.2, -0.15) is 0 Å². The number of thiazole rings is 1. The predicted octanol–water partition coefficient (Wildman–Crippen LogP) is 3.85. The molecule has 0 bridgehead atoms. The van der Waals surface area contributed by atoms with Crippen LogP contribution in [0.1, 0.15) is 13.8 Å². The van der Waals surface area contributed by atoms with E-state index in [2.05, 4.69) is 48.6 Å². The molecule has 2 unspecified atom stereocenters. The fourth-order valence-corrected chi connectivity index (χ4v) is 3.19. The van der Waals surface area contributed by atoms with E-state index in [1.54, 1.807) is 30.2 Å². The monoisotopic (exact) mass is 282 g/mol. The Morgan fingerprint density at radius 1 is 1.39 bits per heavy atom. The van der Waals surface area contributed by atoms with Crippen LogP contribution in [0.15, 0.2) is 22.5 Å². The van der Waals surface area contributed by atoms with Gasteiger partial charge in [0.25, 0.3) is 0 Å². The smallest absolute Gasteiger partial charge is 0.150 e. The first-order chi connectivity index (χ1) is 8.63. The number of rotatable bonds is 5. The summed E-state index contributed by atoms with van der Waals surface area (Å²) in [4.78, 5) is 4.53. The topological polar surface area (TPSA) is 34.1 Å². The third-order valence-electron chi connectivity index (χ3n) is 3.01. The molecule has 0 aliphatic carbocycles. The van der Waals surface area contributed by atoms with E-state index in [0.29, 0.717) is 0 Å². The zero-order valence-electron chi connectivity index (χ0n) is 11.1. The molecular formula is C13H18N2OS2. The summed E-state index contributed by atoms with van der Waals surface area (Å²) in [6, 6.07) is 6.58. The Hall–Kier alpha value is -0.780. The molecule has 0 aliphatic rings. The molecule has 0 spiro atoms. The van der Waals surface area contributed by atoms with Crippen molar-refractivity contribution >= 4 is 39.0 Å². The molecule has 0 saturated carbocycles. The Morgan fingerprint density at radius 2 is 2.17 bits per heavy atom. The number of aromatic nitrogens is 1. The molecule has 2 atom stereocenters. The maximum atomic E-state index is 5.32. The molecule has 2 aromatic rings. The average Bonchev–Trinajstić information content (AvgIpc) is 2.79. The van der Waals surface area contributed by atoms with Crippen molar-refractivity contribution in [3.8, 4) is 0 Å². The maximum Gasteiger partial charge on any atom is 0.150 e. The van der Waals surface area contributed by atoms with Crippen molar-refractivity contribution in [2.45, 2.75) is 30.3 Å². The number of ether oxygens (including phenoxy) is 1. The minimum atomic E-state index is 0.184. The van der Waals surface area contributed by atoms with Crippen LogP contribution in [0.4, 0.5) is 5.69 Å². The van der Waals surface area contributed by atoms with Gasteiger partial charge in [-0.1, -0.05) is 11.8 Å². The van der Waals surface area contributed by atoms with Gasteiger partial charge in [-0.15, -0.1) is 11.3 Å². The number of nitrogens with zero attached hydrogens (tertiary/aromatic N) is 1. The summed E-state index contributed by atoms with van der Waals surface area (Å²) < 4.78 is 7.65. The summed E-state index contributed by atoms with van der Waals surface area (Å²) in [7, 11) is 1.74. The van der Waals surface area contributed by atoms with Crippen LogP contribution in [0.3, 0.4) is 0 Å². The molecule has 1 aromatic carbocycles. The van der Waals surface area contributed by atoms with Gasteiger partial charge in [0.1, 0.15) is 0 Å². The lowest BCUT2D eigenvalue weighted by atomic mass is 10.2. The summed E-state index contributed by atoms with van der Waals surface area (Å²) in [6.45, 7) is 4.19. The van der Waals surface area contributed by atoms with Gasteiger partial charge in [0, 0.05) is 18.8 Å². The van der Waals surface area contributed by atoms with E-state index < -0.39 is 0 Å². The normalized spacial score (nSPS) is 14.7. The van der Waals surface area contributed by atoms with E-state index in [0.717, 1.165) is 15.5 Å². The fourth-order valence-electron chi connectivity index (χ4n) is 1.66. The predicted molar refractivity (Wildman–Crippen MR) is 81.0 cm³/mol. The van der Waals surface area contributed by atoms with Crippen LogP contribution >= 0.6 is 23.1 Å². The first kappa shape index (κ1) is 13.6. The van der Waals surface area contributed by atoms with Crippen LogP contribution in [0.5, 0.6) is 0 Å². The first-order valence-electron chi connectivity index (χ1n) is 5.88. The van der Waals surface area contributed by atoms with E-state index in [1.807, 2.05) is 0 Å². The van der Waals surface area contributed by atoms with Crippen molar-refractivity contribution in [1.82, 2.24) is 4.98 Å². The molecule has 0 amide bonds. The van der Waals surface area contributed by atoms with Crippen molar-refractivity contribution in [3.63, 3.8) is 0 Å². The fraction of sp³-hybridized carbons (Fsp3) is 0.462. The van der Waals surface area contributed by atoms with Crippen LogP contribution in [-0.4, -0.2) is 30.5 Å².